The van der Waals surface area contributed by atoms with Crippen LogP contribution in [0.2, 0.25) is 0 Å². The first-order valence-electron chi connectivity index (χ1n) is 6.99. The predicted molar refractivity (Wildman–Crippen MR) is 105 cm³/mol. The molecule has 1 aromatic rings. The number of halogens is 2. The Morgan fingerprint density at radius 1 is 1.52 bits per heavy atom. The minimum atomic E-state index is 0. The lowest BCUT2D eigenvalue weighted by Crippen LogP contribution is -2.38. The monoisotopic (exact) mass is 468 g/mol. The third kappa shape index (κ3) is 7.35. The van der Waals surface area contributed by atoms with E-state index in [0.29, 0.717) is 0 Å². The third-order valence-electron chi connectivity index (χ3n) is 2.96. The van der Waals surface area contributed by atoms with Crippen LogP contribution >= 0.6 is 39.9 Å². The zero-order valence-corrected chi connectivity index (χ0v) is 17.2. The van der Waals surface area contributed by atoms with Gasteiger partial charge in [-0.15, -0.1) is 24.0 Å². The van der Waals surface area contributed by atoms with Crippen molar-refractivity contribution in [2.75, 3.05) is 20.1 Å². The molecule has 6 heteroatoms. The molecule has 0 aliphatic heterocycles. The predicted octanol–water partition coefficient (Wildman–Crippen LogP) is 3.77. The van der Waals surface area contributed by atoms with Crippen molar-refractivity contribution in [1.82, 2.24) is 14.8 Å². The van der Waals surface area contributed by atoms with Crippen LogP contribution in [-0.4, -0.2) is 35.6 Å². The first-order valence-corrected chi connectivity index (χ1v) is 7.79. The van der Waals surface area contributed by atoms with E-state index in [1.807, 2.05) is 6.92 Å². The number of hydrogen-bond acceptors (Lipinski definition) is 1. The van der Waals surface area contributed by atoms with Crippen molar-refractivity contribution in [3.05, 3.63) is 34.6 Å². The maximum absolute atomic E-state index is 4.64. The fourth-order valence-corrected chi connectivity index (χ4v) is 2.49. The molecule has 0 fully saturated rings. The van der Waals surface area contributed by atoms with Gasteiger partial charge in [0.25, 0.3) is 0 Å². The Hall–Kier alpha value is -0.500. The Bertz CT molecular complexity index is 468. The van der Waals surface area contributed by atoms with E-state index < -0.39 is 0 Å². The third-order valence-corrected chi connectivity index (χ3v) is 3.40. The summed E-state index contributed by atoms with van der Waals surface area (Å²) in [4.78, 5) is 6.80. The number of aliphatic imine (C=N–C) groups is 1. The topological polar surface area (TPSA) is 32.6 Å². The van der Waals surface area contributed by atoms with Crippen molar-refractivity contribution in [2.24, 2.45) is 12.0 Å². The van der Waals surface area contributed by atoms with Crippen molar-refractivity contribution in [1.29, 1.82) is 0 Å². The van der Waals surface area contributed by atoms with Gasteiger partial charge in [-0.2, -0.15) is 0 Å². The molecule has 1 N–H and O–H groups in total. The van der Waals surface area contributed by atoms with Crippen LogP contribution in [0, 0.1) is 0 Å². The number of rotatable bonds is 6. The van der Waals surface area contributed by atoms with Crippen molar-refractivity contribution < 1.29 is 0 Å². The average Bonchev–Trinajstić information content (AvgIpc) is 2.71. The summed E-state index contributed by atoms with van der Waals surface area (Å²) < 4.78 is 3.24. The highest BCUT2D eigenvalue weighted by atomic mass is 127. The number of nitrogens with one attached hydrogen (secondary N) is 1. The van der Waals surface area contributed by atoms with E-state index in [-0.39, 0.29) is 24.0 Å². The average molecular weight is 469 g/mol. The summed E-state index contributed by atoms with van der Waals surface area (Å²) in [5, 5.41) is 3.34. The highest BCUT2D eigenvalue weighted by Crippen LogP contribution is 2.14. The Kier molecular flexibility index (Phi) is 10.9. The van der Waals surface area contributed by atoms with Crippen molar-refractivity contribution in [3.8, 4) is 0 Å². The molecule has 0 aliphatic rings. The van der Waals surface area contributed by atoms with Crippen LogP contribution in [0.5, 0.6) is 0 Å². The van der Waals surface area contributed by atoms with Crippen LogP contribution in [0.4, 0.5) is 0 Å². The van der Waals surface area contributed by atoms with Gasteiger partial charge < -0.3 is 14.8 Å². The second-order valence-electron chi connectivity index (χ2n) is 4.71. The van der Waals surface area contributed by atoms with Crippen molar-refractivity contribution >= 4 is 45.9 Å². The van der Waals surface area contributed by atoms with Gasteiger partial charge in [0.1, 0.15) is 0 Å². The number of hydrogen-bond donors (Lipinski definition) is 1. The highest BCUT2D eigenvalue weighted by molar-refractivity contribution is 14.0. The molecule has 0 unspecified atom stereocenters. The summed E-state index contributed by atoms with van der Waals surface area (Å²) in [5.74, 6) is 0.953. The molecule has 0 saturated carbocycles. The molecular formula is C15H26BrIN4. The lowest BCUT2D eigenvalue weighted by molar-refractivity contribution is 0.462. The summed E-state index contributed by atoms with van der Waals surface area (Å²) in [6.07, 6.45) is 7.25. The van der Waals surface area contributed by atoms with Gasteiger partial charge in [0, 0.05) is 43.5 Å². The normalized spacial score (nSPS) is 11.6. The molecule has 4 nitrogen and oxygen atoms in total. The van der Waals surface area contributed by atoms with E-state index in [9.17, 15) is 0 Å². The molecule has 0 aromatic carbocycles. The van der Waals surface area contributed by atoms with Crippen molar-refractivity contribution in [2.45, 2.75) is 26.8 Å². The van der Waals surface area contributed by atoms with Gasteiger partial charge in [-0.3, -0.25) is 4.99 Å². The molecule has 0 bridgehead atoms. The molecule has 21 heavy (non-hydrogen) atoms. The van der Waals surface area contributed by atoms with Crippen LogP contribution in [0.3, 0.4) is 0 Å². The van der Waals surface area contributed by atoms with Gasteiger partial charge >= 0.3 is 0 Å². The largest absolute Gasteiger partial charge is 0.357 e. The molecule has 0 radical (unpaired) electrons. The Balaban J connectivity index is 0.00000400. The van der Waals surface area contributed by atoms with Crippen LogP contribution in [-0.2, 0) is 13.6 Å². The van der Waals surface area contributed by atoms with Gasteiger partial charge in [0.15, 0.2) is 5.96 Å². The number of aryl methyl sites for hydroxylation is 1. The standard InChI is InChI=1S/C15H25BrN4.HI/c1-5-7-8-9-18-15(17-6-2)20(4)12-14-10-13(16)11-19(14)3;/h5,7,10-11H,6,8-9,12H2,1-4H3,(H,17,18);1H/b7-5+;. The Labute approximate surface area is 153 Å². The summed E-state index contributed by atoms with van der Waals surface area (Å²) >= 11 is 3.51. The molecule has 0 atom stereocenters. The minimum absolute atomic E-state index is 0. The fraction of sp³-hybridized carbons (Fsp3) is 0.533. The molecule has 0 amide bonds. The lowest BCUT2D eigenvalue weighted by Gasteiger charge is -2.22. The SMILES string of the molecule is C/C=C/CCN=C(NCC)N(C)Cc1cc(Br)cn1C.I. The van der Waals surface area contributed by atoms with E-state index in [0.717, 1.165) is 36.5 Å². The lowest BCUT2D eigenvalue weighted by atomic mass is 10.4. The van der Waals surface area contributed by atoms with Crippen LogP contribution in [0.25, 0.3) is 0 Å². The molecule has 0 saturated heterocycles. The fourth-order valence-electron chi connectivity index (χ4n) is 1.92. The van der Waals surface area contributed by atoms with E-state index in [1.54, 1.807) is 0 Å². The maximum Gasteiger partial charge on any atom is 0.194 e. The van der Waals surface area contributed by atoms with E-state index in [2.05, 4.69) is 81.1 Å². The van der Waals surface area contributed by atoms with Gasteiger partial charge in [0.05, 0.1) is 6.54 Å². The summed E-state index contributed by atoms with van der Waals surface area (Å²) in [7, 11) is 4.13. The Morgan fingerprint density at radius 3 is 2.76 bits per heavy atom. The molecule has 1 aromatic heterocycles. The van der Waals surface area contributed by atoms with Gasteiger partial charge in [-0.25, -0.2) is 0 Å². The number of allylic oxidation sites excluding steroid dienone is 1. The first-order chi connectivity index (χ1) is 9.58. The minimum Gasteiger partial charge on any atom is -0.357 e. The number of aromatic nitrogens is 1. The van der Waals surface area contributed by atoms with Crippen LogP contribution in [0.1, 0.15) is 26.0 Å². The summed E-state index contributed by atoms with van der Waals surface area (Å²) in [6, 6.07) is 2.14. The van der Waals surface area contributed by atoms with Crippen LogP contribution in [0.15, 0.2) is 33.9 Å². The molecule has 0 aliphatic carbocycles. The molecule has 1 heterocycles. The van der Waals surface area contributed by atoms with E-state index in [4.69, 9.17) is 0 Å². The molecule has 0 spiro atoms. The van der Waals surface area contributed by atoms with Crippen LogP contribution < -0.4 is 5.32 Å². The molecule has 1 rings (SSSR count). The quantitative estimate of drug-likeness (QED) is 0.226. The zero-order valence-electron chi connectivity index (χ0n) is 13.3. The maximum atomic E-state index is 4.64. The second-order valence-corrected chi connectivity index (χ2v) is 5.63. The number of nitrogens with zero attached hydrogens (tertiary/aromatic N) is 3. The van der Waals surface area contributed by atoms with E-state index in [1.165, 1.54) is 5.69 Å². The smallest absolute Gasteiger partial charge is 0.194 e. The van der Waals surface area contributed by atoms with Gasteiger partial charge in [0.2, 0.25) is 0 Å². The number of guanidine groups is 1. The molecule has 120 valence electrons. The molecular weight excluding hydrogens is 443 g/mol. The van der Waals surface area contributed by atoms with Gasteiger partial charge in [-0.1, -0.05) is 12.2 Å². The zero-order chi connectivity index (χ0) is 15.0. The second kappa shape index (κ2) is 11.1. The first kappa shape index (κ1) is 20.5. The summed E-state index contributed by atoms with van der Waals surface area (Å²) in [5.41, 5.74) is 1.25. The van der Waals surface area contributed by atoms with E-state index >= 15 is 0 Å². The van der Waals surface area contributed by atoms with Gasteiger partial charge in [-0.05, 0) is 42.3 Å². The Morgan fingerprint density at radius 2 is 2.24 bits per heavy atom. The van der Waals surface area contributed by atoms with Crippen molar-refractivity contribution in [3.63, 3.8) is 0 Å². The highest BCUT2D eigenvalue weighted by Gasteiger charge is 2.09. The summed E-state index contributed by atoms with van der Waals surface area (Å²) in [6.45, 7) is 6.65.